The summed E-state index contributed by atoms with van der Waals surface area (Å²) in [6, 6.07) is 11.9. The van der Waals surface area contributed by atoms with Crippen LogP contribution in [-0.4, -0.2) is 49.7 Å². The molecule has 0 aliphatic carbocycles. The van der Waals surface area contributed by atoms with Gasteiger partial charge in [-0.1, -0.05) is 23.7 Å². The van der Waals surface area contributed by atoms with Crippen LogP contribution in [0.25, 0.3) is 6.08 Å². The molecule has 0 unspecified atom stereocenters. The number of piperazine rings is 1. The highest BCUT2D eigenvalue weighted by Crippen LogP contribution is 2.20. The van der Waals surface area contributed by atoms with Gasteiger partial charge in [-0.25, -0.2) is 12.8 Å². The fraction of sp³-hybridized carbons (Fsp3) is 0.211. The first kappa shape index (κ1) is 19.5. The van der Waals surface area contributed by atoms with Crippen molar-refractivity contribution in [3.8, 4) is 0 Å². The van der Waals surface area contributed by atoms with E-state index in [1.54, 1.807) is 23.1 Å². The van der Waals surface area contributed by atoms with Gasteiger partial charge in [0.2, 0.25) is 15.9 Å². The van der Waals surface area contributed by atoms with Crippen LogP contribution in [-0.2, 0) is 14.8 Å². The lowest BCUT2D eigenvalue weighted by Gasteiger charge is -2.33. The number of nitrogens with zero attached hydrogens (tertiary/aromatic N) is 2. The maximum atomic E-state index is 13.2. The van der Waals surface area contributed by atoms with Crippen LogP contribution in [0.2, 0.25) is 5.02 Å². The molecule has 2 aromatic rings. The van der Waals surface area contributed by atoms with Gasteiger partial charge in [0.25, 0.3) is 0 Å². The molecule has 0 radical (unpaired) electrons. The summed E-state index contributed by atoms with van der Waals surface area (Å²) >= 11 is 5.80. The number of carbonyl (C=O) groups excluding carboxylic acids is 1. The van der Waals surface area contributed by atoms with Crippen molar-refractivity contribution in [3.05, 3.63) is 71.0 Å². The smallest absolute Gasteiger partial charge is 0.246 e. The fourth-order valence-electron chi connectivity index (χ4n) is 2.79. The number of benzene rings is 2. The summed E-state index contributed by atoms with van der Waals surface area (Å²) in [6.07, 6.45) is 2.92. The van der Waals surface area contributed by atoms with Gasteiger partial charge in [0.05, 0.1) is 4.90 Å². The summed E-state index contributed by atoms with van der Waals surface area (Å²) in [5.41, 5.74) is 0.590. The molecule has 2 aromatic carbocycles. The van der Waals surface area contributed by atoms with Gasteiger partial charge in [0.15, 0.2) is 0 Å². The Balaban J connectivity index is 1.61. The lowest BCUT2D eigenvalue weighted by molar-refractivity contribution is -0.127. The predicted octanol–water partition coefficient (Wildman–Crippen LogP) is 3.03. The summed E-state index contributed by atoms with van der Waals surface area (Å²) < 4.78 is 39.8. The molecule has 5 nitrogen and oxygen atoms in total. The number of rotatable bonds is 4. The summed E-state index contributed by atoms with van der Waals surface area (Å²) in [7, 11) is -3.61. The number of sulfonamides is 1. The quantitative estimate of drug-likeness (QED) is 0.731. The van der Waals surface area contributed by atoms with E-state index in [0.717, 1.165) is 0 Å². The number of hydrogen-bond acceptors (Lipinski definition) is 3. The van der Waals surface area contributed by atoms with Crippen molar-refractivity contribution in [2.75, 3.05) is 26.2 Å². The highest BCUT2D eigenvalue weighted by atomic mass is 35.5. The summed E-state index contributed by atoms with van der Waals surface area (Å²) in [6.45, 7) is 1.01. The third kappa shape index (κ3) is 4.74. The molecule has 27 heavy (non-hydrogen) atoms. The molecule has 0 aromatic heterocycles. The average molecular weight is 409 g/mol. The summed E-state index contributed by atoms with van der Waals surface area (Å²) in [5, 5.41) is 0.467. The Morgan fingerprint density at radius 1 is 1.04 bits per heavy atom. The van der Waals surface area contributed by atoms with E-state index < -0.39 is 10.0 Å². The third-order valence-corrected chi connectivity index (χ3v) is 6.43. The van der Waals surface area contributed by atoms with Gasteiger partial charge >= 0.3 is 0 Å². The largest absolute Gasteiger partial charge is 0.337 e. The maximum absolute atomic E-state index is 13.2. The van der Waals surface area contributed by atoms with Gasteiger partial charge in [0, 0.05) is 37.3 Å². The molecule has 0 spiro atoms. The van der Waals surface area contributed by atoms with Crippen molar-refractivity contribution < 1.29 is 17.6 Å². The second-order valence-electron chi connectivity index (χ2n) is 6.07. The van der Waals surface area contributed by atoms with Crippen molar-refractivity contribution in [2.45, 2.75) is 4.90 Å². The molecule has 0 bridgehead atoms. The molecule has 1 amide bonds. The van der Waals surface area contributed by atoms with Crippen LogP contribution in [0.1, 0.15) is 5.56 Å². The Labute approximate surface area is 162 Å². The van der Waals surface area contributed by atoms with Crippen LogP contribution in [0, 0.1) is 5.82 Å². The molecule has 3 rings (SSSR count). The molecule has 8 heteroatoms. The molecule has 0 saturated carbocycles. The van der Waals surface area contributed by atoms with E-state index in [1.165, 1.54) is 46.8 Å². The molecule has 0 N–H and O–H groups in total. The first-order valence-corrected chi connectivity index (χ1v) is 10.2. The normalized spacial score (nSPS) is 16.0. The van der Waals surface area contributed by atoms with Crippen molar-refractivity contribution in [1.82, 2.24) is 9.21 Å². The molecule has 1 heterocycles. The van der Waals surface area contributed by atoms with Gasteiger partial charge in [-0.15, -0.1) is 0 Å². The average Bonchev–Trinajstić information content (AvgIpc) is 2.66. The number of hydrogen-bond donors (Lipinski definition) is 0. The van der Waals surface area contributed by atoms with E-state index >= 15 is 0 Å². The number of halogens is 2. The van der Waals surface area contributed by atoms with Crippen LogP contribution in [0.3, 0.4) is 0 Å². The standard InChI is InChI=1S/C19H18ClFN2O3S/c20-16-5-7-18(8-6-16)27(25,26)23-12-10-22(11-13-23)19(24)9-4-15-2-1-3-17(21)14-15/h1-9,14H,10-13H2/b9-4+. The van der Waals surface area contributed by atoms with Gasteiger partial charge in [-0.3, -0.25) is 4.79 Å². The lowest BCUT2D eigenvalue weighted by atomic mass is 10.2. The van der Waals surface area contributed by atoms with Crippen molar-refractivity contribution in [3.63, 3.8) is 0 Å². The van der Waals surface area contributed by atoms with Gasteiger partial charge in [-0.05, 0) is 48.0 Å². The zero-order valence-corrected chi connectivity index (χ0v) is 16.0. The van der Waals surface area contributed by atoms with E-state index in [9.17, 15) is 17.6 Å². The van der Waals surface area contributed by atoms with E-state index in [4.69, 9.17) is 11.6 Å². The molecule has 1 saturated heterocycles. The molecular weight excluding hydrogens is 391 g/mol. The van der Waals surface area contributed by atoms with Crippen LogP contribution < -0.4 is 0 Å². The van der Waals surface area contributed by atoms with Crippen molar-refractivity contribution in [1.29, 1.82) is 0 Å². The second-order valence-corrected chi connectivity index (χ2v) is 8.45. The Kier molecular flexibility index (Phi) is 5.94. The summed E-state index contributed by atoms with van der Waals surface area (Å²) in [4.78, 5) is 14.0. The first-order chi connectivity index (χ1) is 12.9. The number of amides is 1. The highest BCUT2D eigenvalue weighted by molar-refractivity contribution is 7.89. The molecule has 1 fully saturated rings. The van der Waals surface area contributed by atoms with Gasteiger partial charge < -0.3 is 4.90 Å². The van der Waals surface area contributed by atoms with Gasteiger partial charge in [0.1, 0.15) is 5.82 Å². The SMILES string of the molecule is O=C(/C=C/c1cccc(F)c1)N1CCN(S(=O)(=O)c2ccc(Cl)cc2)CC1. The molecular formula is C19H18ClFN2O3S. The number of carbonyl (C=O) groups is 1. The van der Waals surface area contributed by atoms with Crippen LogP contribution in [0.4, 0.5) is 4.39 Å². The van der Waals surface area contributed by atoms with Gasteiger partial charge in [-0.2, -0.15) is 4.31 Å². The van der Waals surface area contributed by atoms with Crippen molar-refractivity contribution in [2.24, 2.45) is 0 Å². The van der Waals surface area contributed by atoms with Crippen LogP contribution in [0.5, 0.6) is 0 Å². The molecule has 1 aliphatic rings. The Hall–Kier alpha value is -2.22. The van der Waals surface area contributed by atoms with E-state index in [0.29, 0.717) is 23.7 Å². The summed E-state index contributed by atoms with van der Waals surface area (Å²) in [5.74, 6) is -0.603. The monoisotopic (exact) mass is 408 g/mol. The predicted molar refractivity (Wildman–Crippen MR) is 102 cm³/mol. The molecule has 142 valence electrons. The van der Waals surface area contributed by atoms with Crippen molar-refractivity contribution >= 4 is 33.6 Å². The van der Waals surface area contributed by atoms with E-state index in [1.807, 2.05) is 0 Å². The lowest BCUT2D eigenvalue weighted by Crippen LogP contribution is -2.50. The molecule has 0 atom stereocenters. The first-order valence-electron chi connectivity index (χ1n) is 8.34. The maximum Gasteiger partial charge on any atom is 0.246 e. The molecule has 1 aliphatic heterocycles. The minimum atomic E-state index is -3.61. The highest BCUT2D eigenvalue weighted by Gasteiger charge is 2.29. The fourth-order valence-corrected chi connectivity index (χ4v) is 4.34. The zero-order chi connectivity index (χ0) is 19.4. The Morgan fingerprint density at radius 3 is 2.33 bits per heavy atom. The topological polar surface area (TPSA) is 57.7 Å². The third-order valence-electron chi connectivity index (χ3n) is 4.27. The van der Waals surface area contributed by atoms with Crippen LogP contribution >= 0.6 is 11.6 Å². The zero-order valence-electron chi connectivity index (χ0n) is 14.4. The Bertz CT molecular complexity index is 953. The second kappa shape index (κ2) is 8.21. The van der Waals surface area contributed by atoms with E-state index in [-0.39, 0.29) is 29.7 Å². The Morgan fingerprint density at radius 2 is 1.70 bits per heavy atom. The van der Waals surface area contributed by atoms with E-state index in [2.05, 4.69) is 0 Å². The van der Waals surface area contributed by atoms with Crippen LogP contribution in [0.15, 0.2) is 59.5 Å². The minimum absolute atomic E-state index is 0.178. The minimum Gasteiger partial charge on any atom is -0.337 e.